The fraction of sp³-hybridized carbons (Fsp3) is 0.909. The Hall–Kier alpha value is -0.650. The molecule has 1 amide bonds. The molecule has 0 aromatic heterocycles. The van der Waals surface area contributed by atoms with Gasteiger partial charge < -0.3 is 20.1 Å². The Bertz CT molecular complexity index is 235. The van der Waals surface area contributed by atoms with Crippen LogP contribution >= 0.6 is 0 Å². The minimum absolute atomic E-state index is 0.0171. The third-order valence-electron chi connectivity index (χ3n) is 2.60. The predicted molar refractivity (Wildman–Crippen MR) is 61.1 cm³/mol. The van der Waals surface area contributed by atoms with Crippen LogP contribution in [0.1, 0.15) is 13.3 Å². The van der Waals surface area contributed by atoms with Gasteiger partial charge in [0.1, 0.15) is 0 Å². The van der Waals surface area contributed by atoms with Crippen molar-refractivity contribution in [2.24, 2.45) is 5.92 Å². The maximum absolute atomic E-state index is 11.7. The number of likely N-dealkylation sites (N-methyl/N-ethyl adjacent to an activating group) is 1. The third kappa shape index (κ3) is 4.47. The number of carbonyl (C=O) groups excluding carboxylic acids is 1. The lowest BCUT2D eigenvalue weighted by molar-refractivity contribution is -0.126. The average Bonchev–Trinajstić information content (AvgIpc) is 2.64. The summed E-state index contributed by atoms with van der Waals surface area (Å²) in [6.45, 7) is 3.68. The van der Waals surface area contributed by atoms with Crippen molar-refractivity contribution >= 4 is 5.91 Å². The van der Waals surface area contributed by atoms with Crippen LogP contribution in [0.3, 0.4) is 0 Å². The van der Waals surface area contributed by atoms with E-state index in [-0.39, 0.29) is 18.4 Å². The van der Waals surface area contributed by atoms with E-state index in [1.165, 1.54) is 0 Å². The van der Waals surface area contributed by atoms with Gasteiger partial charge in [-0.05, 0) is 27.4 Å². The van der Waals surface area contributed by atoms with Crippen LogP contribution in [0.15, 0.2) is 0 Å². The van der Waals surface area contributed by atoms with Crippen LogP contribution in [0.4, 0.5) is 0 Å². The van der Waals surface area contributed by atoms with E-state index in [9.17, 15) is 9.90 Å². The highest BCUT2D eigenvalue weighted by molar-refractivity contribution is 5.79. The number of amides is 1. The molecular formula is C11H22N2O3. The highest BCUT2D eigenvalue weighted by Crippen LogP contribution is 2.12. The molecule has 16 heavy (non-hydrogen) atoms. The van der Waals surface area contributed by atoms with E-state index < -0.39 is 5.60 Å². The molecule has 0 aliphatic carbocycles. The van der Waals surface area contributed by atoms with E-state index in [1.807, 2.05) is 19.0 Å². The smallest absolute Gasteiger partial charge is 0.225 e. The Balaban J connectivity index is 2.29. The number of hydrogen-bond donors (Lipinski definition) is 2. The van der Waals surface area contributed by atoms with E-state index in [1.54, 1.807) is 6.92 Å². The summed E-state index contributed by atoms with van der Waals surface area (Å²) in [5, 5.41) is 12.8. The second-order valence-corrected chi connectivity index (χ2v) is 5.01. The van der Waals surface area contributed by atoms with Crippen LogP contribution in [0.5, 0.6) is 0 Å². The standard InChI is InChI=1S/C11H22N2O3/c1-11(15,8-13(2)3)7-12-10(14)9-4-5-16-6-9/h9,15H,4-8H2,1-3H3,(H,12,14). The summed E-state index contributed by atoms with van der Waals surface area (Å²) >= 11 is 0. The minimum Gasteiger partial charge on any atom is -0.387 e. The molecule has 1 fully saturated rings. The Morgan fingerprint density at radius 3 is 2.81 bits per heavy atom. The lowest BCUT2D eigenvalue weighted by Crippen LogP contribution is -2.48. The fourth-order valence-corrected chi connectivity index (χ4v) is 1.90. The molecule has 5 nitrogen and oxygen atoms in total. The molecule has 0 radical (unpaired) electrons. The molecule has 2 atom stereocenters. The maximum Gasteiger partial charge on any atom is 0.225 e. The second kappa shape index (κ2) is 5.61. The summed E-state index contributed by atoms with van der Waals surface area (Å²) in [5.74, 6) is -0.0633. The first kappa shape index (κ1) is 13.4. The van der Waals surface area contributed by atoms with Crippen molar-refractivity contribution in [3.8, 4) is 0 Å². The Kier molecular flexibility index (Phi) is 4.70. The van der Waals surface area contributed by atoms with Gasteiger partial charge in [0.05, 0.1) is 18.1 Å². The van der Waals surface area contributed by atoms with E-state index in [2.05, 4.69) is 5.32 Å². The van der Waals surface area contributed by atoms with Crippen LogP contribution in [0.25, 0.3) is 0 Å². The molecule has 1 aliphatic heterocycles. The van der Waals surface area contributed by atoms with Crippen molar-refractivity contribution < 1.29 is 14.6 Å². The van der Waals surface area contributed by atoms with Gasteiger partial charge in [0.25, 0.3) is 0 Å². The first-order chi connectivity index (χ1) is 7.41. The van der Waals surface area contributed by atoms with Crippen LogP contribution in [0, 0.1) is 5.92 Å². The number of nitrogens with zero attached hydrogens (tertiary/aromatic N) is 1. The first-order valence-corrected chi connectivity index (χ1v) is 5.63. The largest absolute Gasteiger partial charge is 0.387 e. The summed E-state index contributed by atoms with van der Waals surface area (Å²) in [7, 11) is 3.78. The Labute approximate surface area is 96.8 Å². The molecule has 0 aromatic rings. The lowest BCUT2D eigenvalue weighted by atomic mass is 10.1. The van der Waals surface area contributed by atoms with Crippen molar-refractivity contribution in [2.75, 3.05) is 40.4 Å². The molecule has 0 aromatic carbocycles. The van der Waals surface area contributed by atoms with Crippen molar-refractivity contribution in [1.29, 1.82) is 0 Å². The van der Waals surface area contributed by atoms with E-state index >= 15 is 0 Å². The van der Waals surface area contributed by atoms with Gasteiger partial charge in [-0.3, -0.25) is 4.79 Å². The van der Waals surface area contributed by atoms with Crippen LogP contribution in [-0.2, 0) is 9.53 Å². The predicted octanol–water partition coefficient (Wildman–Crippen LogP) is -0.548. The number of nitrogens with one attached hydrogen (secondary N) is 1. The van der Waals surface area contributed by atoms with Gasteiger partial charge in [-0.2, -0.15) is 0 Å². The molecule has 94 valence electrons. The first-order valence-electron chi connectivity index (χ1n) is 5.63. The van der Waals surface area contributed by atoms with Crippen molar-refractivity contribution in [2.45, 2.75) is 18.9 Å². The number of hydrogen-bond acceptors (Lipinski definition) is 4. The van der Waals surface area contributed by atoms with Gasteiger partial charge >= 0.3 is 0 Å². The maximum atomic E-state index is 11.7. The Morgan fingerprint density at radius 2 is 2.31 bits per heavy atom. The van der Waals surface area contributed by atoms with Crippen molar-refractivity contribution in [3.05, 3.63) is 0 Å². The molecule has 0 saturated carbocycles. The number of carbonyl (C=O) groups is 1. The second-order valence-electron chi connectivity index (χ2n) is 5.01. The summed E-state index contributed by atoms with van der Waals surface area (Å²) in [5.41, 5.74) is -0.890. The highest BCUT2D eigenvalue weighted by Gasteiger charge is 2.27. The molecule has 1 rings (SSSR count). The summed E-state index contributed by atoms with van der Waals surface area (Å²) in [6, 6.07) is 0. The monoisotopic (exact) mass is 230 g/mol. The zero-order valence-corrected chi connectivity index (χ0v) is 10.3. The number of aliphatic hydroxyl groups is 1. The minimum atomic E-state index is -0.890. The Morgan fingerprint density at radius 1 is 1.62 bits per heavy atom. The fourth-order valence-electron chi connectivity index (χ4n) is 1.90. The highest BCUT2D eigenvalue weighted by atomic mass is 16.5. The number of ether oxygens (including phenoxy) is 1. The number of rotatable bonds is 5. The SMILES string of the molecule is CN(C)CC(C)(O)CNC(=O)C1CCOC1. The van der Waals surface area contributed by atoms with Gasteiger partial charge in [-0.1, -0.05) is 0 Å². The topological polar surface area (TPSA) is 61.8 Å². The summed E-state index contributed by atoms with van der Waals surface area (Å²) < 4.78 is 5.14. The molecule has 0 bridgehead atoms. The normalized spacial score (nSPS) is 24.4. The van der Waals surface area contributed by atoms with Gasteiger partial charge in [0, 0.05) is 19.7 Å². The summed E-state index contributed by atoms with van der Waals surface area (Å²) in [4.78, 5) is 13.6. The molecule has 1 aliphatic rings. The molecule has 0 spiro atoms. The van der Waals surface area contributed by atoms with Gasteiger partial charge in [-0.15, -0.1) is 0 Å². The van der Waals surface area contributed by atoms with E-state index in [0.29, 0.717) is 19.8 Å². The van der Waals surface area contributed by atoms with Gasteiger partial charge in [-0.25, -0.2) is 0 Å². The molecule has 2 unspecified atom stereocenters. The average molecular weight is 230 g/mol. The molecular weight excluding hydrogens is 208 g/mol. The lowest BCUT2D eigenvalue weighted by Gasteiger charge is -2.27. The van der Waals surface area contributed by atoms with E-state index in [0.717, 1.165) is 6.42 Å². The molecule has 1 saturated heterocycles. The van der Waals surface area contributed by atoms with Gasteiger partial charge in [0.15, 0.2) is 0 Å². The van der Waals surface area contributed by atoms with Crippen LogP contribution < -0.4 is 5.32 Å². The zero-order valence-electron chi connectivity index (χ0n) is 10.3. The van der Waals surface area contributed by atoms with E-state index in [4.69, 9.17) is 4.74 Å². The molecule has 2 N–H and O–H groups in total. The molecule has 5 heteroatoms. The van der Waals surface area contributed by atoms with Crippen LogP contribution in [-0.4, -0.2) is 61.9 Å². The zero-order chi connectivity index (χ0) is 12.2. The molecule has 1 heterocycles. The van der Waals surface area contributed by atoms with Crippen molar-refractivity contribution in [1.82, 2.24) is 10.2 Å². The van der Waals surface area contributed by atoms with Crippen molar-refractivity contribution in [3.63, 3.8) is 0 Å². The quantitative estimate of drug-likeness (QED) is 0.665. The van der Waals surface area contributed by atoms with Crippen LogP contribution in [0.2, 0.25) is 0 Å². The summed E-state index contributed by atoms with van der Waals surface area (Å²) in [6.07, 6.45) is 0.779. The third-order valence-corrected chi connectivity index (χ3v) is 2.60. The van der Waals surface area contributed by atoms with Gasteiger partial charge in [0.2, 0.25) is 5.91 Å².